The van der Waals surface area contributed by atoms with Crippen LogP contribution in [0.1, 0.15) is 29.6 Å². The fraction of sp³-hybridized carbons (Fsp3) is 0.462. The third-order valence-corrected chi connectivity index (χ3v) is 2.73. The molecule has 1 aliphatic heterocycles. The van der Waals surface area contributed by atoms with Crippen molar-refractivity contribution in [2.45, 2.75) is 25.6 Å². The van der Waals surface area contributed by atoms with Crippen molar-refractivity contribution in [3.05, 3.63) is 29.8 Å². The Kier molecular flexibility index (Phi) is 4.12. The summed E-state index contributed by atoms with van der Waals surface area (Å²) in [7, 11) is 0. The molecular formula is C13H16O4. The van der Waals surface area contributed by atoms with Crippen LogP contribution >= 0.6 is 0 Å². The van der Waals surface area contributed by atoms with Crippen molar-refractivity contribution < 1.29 is 19.4 Å². The molecule has 92 valence electrons. The number of ketones is 1. The van der Waals surface area contributed by atoms with Crippen LogP contribution in [0.2, 0.25) is 0 Å². The van der Waals surface area contributed by atoms with Crippen molar-refractivity contribution in [2.75, 3.05) is 13.2 Å². The van der Waals surface area contributed by atoms with Crippen LogP contribution < -0.4 is 4.74 Å². The third-order valence-electron chi connectivity index (χ3n) is 2.73. The molecule has 1 unspecified atom stereocenters. The van der Waals surface area contributed by atoms with E-state index in [0.29, 0.717) is 11.3 Å². The fourth-order valence-corrected chi connectivity index (χ4v) is 1.77. The van der Waals surface area contributed by atoms with Gasteiger partial charge in [-0.05, 0) is 37.1 Å². The largest absolute Gasteiger partial charge is 0.465 e. The molecule has 0 saturated carbocycles. The molecule has 1 aromatic carbocycles. The van der Waals surface area contributed by atoms with Gasteiger partial charge in [-0.15, -0.1) is 0 Å². The molecule has 1 fully saturated rings. The van der Waals surface area contributed by atoms with Crippen molar-refractivity contribution in [3.8, 4) is 5.75 Å². The maximum Gasteiger partial charge on any atom is 0.199 e. The van der Waals surface area contributed by atoms with Gasteiger partial charge in [0, 0.05) is 12.0 Å². The van der Waals surface area contributed by atoms with E-state index in [1.54, 1.807) is 24.3 Å². The van der Waals surface area contributed by atoms with Crippen LogP contribution in [0, 0.1) is 0 Å². The maximum atomic E-state index is 11.2. The quantitative estimate of drug-likeness (QED) is 0.809. The molecule has 0 aromatic heterocycles. The number of Topliss-reactive ketones (excluding diaryl/α,β-unsaturated/α-hetero) is 1. The third kappa shape index (κ3) is 3.28. The van der Waals surface area contributed by atoms with Gasteiger partial charge >= 0.3 is 0 Å². The highest BCUT2D eigenvalue weighted by molar-refractivity contribution is 5.96. The molecule has 17 heavy (non-hydrogen) atoms. The zero-order valence-electron chi connectivity index (χ0n) is 9.59. The van der Waals surface area contributed by atoms with Crippen molar-refractivity contribution in [2.24, 2.45) is 0 Å². The van der Waals surface area contributed by atoms with E-state index in [4.69, 9.17) is 14.6 Å². The van der Waals surface area contributed by atoms with Crippen LogP contribution in [0.3, 0.4) is 0 Å². The summed E-state index contributed by atoms with van der Waals surface area (Å²) in [5, 5.41) is 8.72. The second kappa shape index (κ2) is 5.80. The summed E-state index contributed by atoms with van der Waals surface area (Å²) < 4.78 is 11.1. The van der Waals surface area contributed by atoms with E-state index in [9.17, 15) is 4.79 Å². The molecule has 1 aliphatic rings. The molecular weight excluding hydrogens is 220 g/mol. The summed E-state index contributed by atoms with van der Waals surface area (Å²) in [6.07, 6.45) is 2.93. The van der Waals surface area contributed by atoms with Gasteiger partial charge in [-0.2, -0.15) is 0 Å². The second-order valence-corrected chi connectivity index (χ2v) is 4.02. The van der Waals surface area contributed by atoms with Crippen LogP contribution in [-0.2, 0) is 4.74 Å². The van der Waals surface area contributed by atoms with Crippen molar-refractivity contribution in [1.82, 2.24) is 0 Å². The van der Waals surface area contributed by atoms with E-state index in [0.717, 1.165) is 25.9 Å². The number of rotatable bonds is 4. The minimum atomic E-state index is -0.466. The first-order chi connectivity index (χ1) is 8.29. The number of aliphatic hydroxyl groups excluding tert-OH is 1. The predicted octanol–water partition coefficient (Wildman–Crippen LogP) is 1.77. The Bertz CT molecular complexity index is 366. The predicted molar refractivity (Wildman–Crippen MR) is 62.1 cm³/mol. The SMILES string of the molecule is O=C(CO)c1ccc(OC2CCCCO2)cc1. The van der Waals surface area contributed by atoms with E-state index in [-0.39, 0.29) is 12.1 Å². The van der Waals surface area contributed by atoms with E-state index >= 15 is 0 Å². The zero-order valence-corrected chi connectivity index (χ0v) is 9.59. The van der Waals surface area contributed by atoms with Crippen LogP contribution in [0.25, 0.3) is 0 Å². The number of aliphatic hydroxyl groups is 1. The van der Waals surface area contributed by atoms with Gasteiger partial charge in [0.2, 0.25) is 0 Å². The minimum Gasteiger partial charge on any atom is -0.465 e. The minimum absolute atomic E-state index is 0.178. The average Bonchev–Trinajstić information content (AvgIpc) is 2.40. The van der Waals surface area contributed by atoms with Crippen LogP contribution in [0.5, 0.6) is 5.75 Å². The monoisotopic (exact) mass is 236 g/mol. The Labute approximate surface area is 100 Å². The first kappa shape index (κ1) is 12.1. The fourth-order valence-electron chi connectivity index (χ4n) is 1.77. The Morgan fingerprint density at radius 3 is 2.71 bits per heavy atom. The summed E-state index contributed by atoms with van der Waals surface area (Å²) in [6, 6.07) is 6.75. The van der Waals surface area contributed by atoms with Crippen LogP contribution in [0.15, 0.2) is 24.3 Å². The highest BCUT2D eigenvalue weighted by atomic mass is 16.7. The lowest BCUT2D eigenvalue weighted by Gasteiger charge is -2.23. The van der Waals surface area contributed by atoms with Gasteiger partial charge in [-0.3, -0.25) is 4.79 Å². The van der Waals surface area contributed by atoms with Gasteiger partial charge in [0.25, 0.3) is 0 Å². The highest BCUT2D eigenvalue weighted by Gasteiger charge is 2.15. The van der Waals surface area contributed by atoms with Crippen LogP contribution in [-0.4, -0.2) is 30.4 Å². The number of benzene rings is 1. The number of hydrogen-bond acceptors (Lipinski definition) is 4. The van der Waals surface area contributed by atoms with Crippen molar-refractivity contribution >= 4 is 5.78 Å². The van der Waals surface area contributed by atoms with E-state index in [2.05, 4.69) is 0 Å². The topological polar surface area (TPSA) is 55.8 Å². The average molecular weight is 236 g/mol. The molecule has 1 saturated heterocycles. The lowest BCUT2D eigenvalue weighted by Crippen LogP contribution is -2.24. The highest BCUT2D eigenvalue weighted by Crippen LogP contribution is 2.19. The molecule has 1 heterocycles. The first-order valence-electron chi connectivity index (χ1n) is 5.82. The Morgan fingerprint density at radius 2 is 2.12 bits per heavy atom. The molecule has 1 aromatic rings. The molecule has 0 aliphatic carbocycles. The first-order valence-corrected chi connectivity index (χ1v) is 5.82. The molecule has 2 rings (SSSR count). The zero-order chi connectivity index (χ0) is 12.1. The smallest absolute Gasteiger partial charge is 0.199 e. The summed E-state index contributed by atoms with van der Waals surface area (Å²) in [5.41, 5.74) is 0.490. The maximum absolute atomic E-state index is 11.2. The molecule has 4 heteroatoms. The summed E-state index contributed by atoms with van der Waals surface area (Å²) in [5.74, 6) is 0.400. The Hall–Kier alpha value is -1.39. The Balaban J connectivity index is 1.95. The van der Waals surface area contributed by atoms with Gasteiger partial charge in [-0.25, -0.2) is 0 Å². The van der Waals surface area contributed by atoms with Gasteiger partial charge < -0.3 is 14.6 Å². The molecule has 0 radical (unpaired) electrons. The number of hydrogen-bond donors (Lipinski definition) is 1. The normalized spacial score (nSPS) is 19.9. The number of carbonyl (C=O) groups excluding carboxylic acids is 1. The molecule has 0 bridgehead atoms. The lowest BCUT2D eigenvalue weighted by atomic mass is 10.1. The van der Waals surface area contributed by atoms with Gasteiger partial charge in [0.05, 0.1) is 6.61 Å². The van der Waals surface area contributed by atoms with Crippen molar-refractivity contribution in [1.29, 1.82) is 0 Å². The standard InChI is InChI=1S/C13H16O4/c14-9-12(15)10-4-6-11(7-5-10)17-13-3-1-2-8-16-13/h4-7,13-14H,1-3,8-9H2. The van der Waals surface area contributed by atoms with Gasteiger partial charge in [-0.1, -0.05) is 0 Å². The van der Waals surface area contributed by atoms with Crippen molar-refractivity contribution in [3.63, 3.8) is 0 Å². The summed E-state index contributed by atoms with van der Waals surface area (Å²) in [6.45, 7) is 0.275. The number of carbonyl (C=O) groups is 1. The van der Waals surface area contributed by atoms with E-state index in [1.807, 2.05) is 0 Å². The van der Waals surface area contributed by atoms with Gasteiger partial charge in [0.1, 0.15) is 12.4 Å². The molecule has 4 nitrogen and oxygen atoms in total. The van der Waals surface area contributed by atoms with Crippen LogP contribution in [0.4, 0.5) is 0 Å². The molecule has 0 amide bonds. The summed E-state index contributed by atoms with van der Waals surface area (Å²) >= 11 is 0. The second-order valence-electron chi connectivity index (χ2n) is 4.02. The summed E-state index contributed by atoms with van der Waals surface area (Å²) in [4.78, 5) is 11.2. The number of ether oxygens (including phenoxy) is 2. The Morgan fingerprint density at radius 1 is 1.35 bits per heavy atom. The van der Waals surface area contributed by atoms with Gasteiger partial charge in [0.15, 0.2) is 12.1 Å². The molecule has 1 N–H and O–H groups in total. The molecule has 1 atom stereocenters. The molecule has 0 spiro atoms. The lowest BCUT2D eigenvalue weighted by molar-refractivity contribution is -0.105. The van der Waals surface area contributed by atoms with E-state index < -0.39 is 6.61 Å². The van der Waals surface area contributed by atoms with E-state index in [1.165, 1.54) is 0 Å².